The number of rotatable bonds is 7. The van der Waals surface area contributed by atoms with Crippen LogP contribution in [0, 0.1) is 5.92 Å². The fourth-order valence-corrected chi connectivity index (χ4v) is 1.31. The van der Waals surface area contributed by atoms with Crippen LogP contribution >= 0.6 is 0 Å². The van der Waals surface area contributed by atoms with E-state index in [0.717, 1.165) is 6.61 Å². The largest absolute Gasteiger partial charge is 0.379 e. The second-order valence-corrected chi connectivity index (χ2v) is 4.24. The van der Waals surface area contributed by atoms with Crippen molar-refractivity contribution in [2.24, 2.45) is 5.92 Å². The molecule has 0 aliphatic heterocycles. The Labute approximate surface area is 96.6 Å². The van der Waals surface area contributed by atoms with Crippen LogP contribution in [-0.2, 0) is 11.3 Å². The highest BCUT2D eigenvalue weighted by Crippen LogP contribution is 2.02. The summed E-state index contributed by atoms with van der Waals surface area (Å²) in [5, 5.41) is 4.12. The van der Waals surface area contributed by atoms with Gasteiger partial charge in [-0.05, 0) is 5.92 Å². The van der Waals surface area contributed by atoms with Gasteiger partial charge in [-0.15, -0.1) is 0 Å². The van der Waals surface area contributed by atoms with Crippen LogP contribution in [0.2, 0.25) is 0 Å². The van der Waals surface area contributed by atoms with Gasteiger partial charge < -0.3 is 4.74 Å². The maximum Gasteiger partial charge on any atom is 0.165 e. The Morgan fingerprint density at radius 1 is 1.56 bits per heavy atom. The summed E-state index contributed by atoms with van der Waals surface area (Å²) in [4.78, 5) is 11.4. The molecule has 0 aromatic carbocycles. The van der Waals surface area contributed by atoms with Crippen LogP contribution in [0.3, 0.4) is 0 Å². The molecule has 0 fully saturated rings. The van der Waals surface area contributed by atoms with Crippen molar-refractivity contribution in [3.63, 3.8) is 0 Å². The predicted molar refractivity (Wildman–Crippen MR) is 62.5 cm³/mol. The number of ether oxygens (including phenoxy) is 1. The number of carbonyl (C=O) groups excluding carboxylic acids is 1. The van der Waals surface area contributed by atoms with Crippen LogP contribution in [0.25, 0.3) is 0 Å². The van der Waals surface area contributed by atoms with Gasteiger partial charge in [0.1, 0.15) is 0 Å². The fraction of sp³-hybridized carbons (Fsp3) is 0.667. The quantitative estimate of drug-likeness (QED) is 0.526. The van der Waals surface area contributed by atoms with E-state index in [2.05, 4.69) is 18.9 Å². The smallest absolute Gasteiger partial charge is 0.165 e. The molecule has 0 saturated heterocycles. The molecule has 16 heavy (non-hydrogen) atoms. The van der Waals surface area contributed by atoms with Gasteiger partial charge in [-0.1, -0.05) is 20.8 Å². The van der Waals surface area contributed by atoms with E-state index in [1.54, 1.807) is 17.1 Å². The molecule has 0 aliphatic rings. The minimum Gasteiger partial charge on any atom is -0.379 e. The topological polar surface area (TPSA) is 44.1 Å². The summed E-state index contributed by atoms with van der Waals surface area (Å²) in [6.07, 6.45) is 3.92. The van der Waals surface area contributed by atoms with Crippen molar-refractivity contribution >= 4 is 5.78 Å². The van der Waals surface area contributed by atoms with Crippen molar-refractivity contribution < 1.29 is 9.53 Å². The van der Waals surface area contributed by atoms with Gasteiger partial charge in [0, 0.05) is 19.2 Å². The summed E-state index contributed by atoms with van der Waals surface area (Å²) in [6.45, 7) is 8.19. The van der Waals surface area contributed by atoms with E-state index in [4.69, 9.17) is 4.74 Å². The Balaban J connectivity index is 2.32. The van der Waals surface area contributed by atoms with Gasteiger partial charge in [-0.25, -0.2) is 0 Å². The summed E-state index contributed by atoms with van der Waals surface area (Å²) < 4.78 is 7.20. The van der Waals surface area contributed by atoms with Crippen LogP contribution < -0.4 is 0 Å². The van der Waals surface area contributed by atoms with Crippen molar-refractivity contribution in [1.82, 2.24) is 9.78 Å². The molecule has 0 spiro atoms. The standard InChI is InChI=1S/C12H20N2O2/c1-4-12(15)11-7-13-14(8-11)5-6-16-9-10(2)3/h7-8,10H,4-6,9H2,1-3H3. The van der Waals surface area contributed by atoms with Crippen molar-refractivity contribution in [3.8, 4) is 0 Å². The summed E-state index contributed by atoms with van der Waals surface area (Å²) >= 11 is 0. The van der Waals surface area contributed by atoms with Crippen molar-refractivity contribution in [1.29, 1.82) is 0 Å². The summed E-state index contributed by atoms with van der Waals surface area (Å²) in [6, 6.07) is 0. The lowest BCUT2D eigenvalue weighted by atomic mass is 10.2. The van der Waals surface area contributed by atoms with E-state index >= 15 is 0 Å². The summed E-state index contributed by atoms with van der Waals surface area (Å²) in [5.41, 5.74) is 0.686. The number of hydrogen-bond acceptors (Lipinski definition) is 3. The minimum absolute atomic E-state index is 0.134. The highest BCUT2D eigenvalue weighted by Gasteiger charge is 2.05. The number of hydrogen-bond donors (Lipinski definition) is 0. The zero-order chi connectivity index (χ0) is 12.0. The molecule has 1 rings (SSSR count). The minimum atomic E-state index is 0.134. The van der Waals surface area contributed by atoms with Crippen LogP contribution in [0.5, 0.6) is 0 Å². The van der Waals surface area contributed by atoms with Gasteiger partial charge in [0.2, 0.25) is 0 Å². The third kappa shape index (κ3) is 4.14. The van der Waals surface area contributed by atoms with Crippen molar-refractivity contribution in [2.45, 2.75) is 33.7 Å². The third-order valence-corrected chi connectivity index (χ3v) is 2.19. The van der Waals surface area contributed by atoms with Gasteiger partial charge in [-0.3, -0.25) is 9.48 Å². The Morgan fingerprint density at radius 2 is 2.31 bits per heavy atom. The first-order chi connectivity index (χ1) is 7.63. The normalized spacial score (nSPS) is 11.0. The molecule has 1 heterocycles. The second kappa shape index (κ2) is 6.43. The Morgan fingerprint density at radius 3 is 2.94 bits per heavy atom. The maximum atomic E-state index is 11.4. The molecule has 0 N–H and O–H groups in total. The average Bonchev–Trinajstić information content (AvgIpc) is 2.71. The lowest BCUT2D eigenvalue weighted by Gasteiger charge is -2.06. The molecular weight excluding hydrogens is 204 g/mol. The molecular formula is C12H20N2O2. The number of Topliss-reactive ketones (excluding diaryl/α,β-unsaturated/α-hetero) is 1. The zero-order valence-electron chi connectivity index (χ0n) is 10.3. The number of nitrogens with zero attached hydrogens (tertiary/aromatic N) is 2. The van der Waals surface area contributed by atoms with Gasteiger partial charge in [0.15, 0.2) is 5.78 Å². The molecule has 0 atom stereocenters. The van der Waals surface area contributed by atoms with E-state index in [-0.39, 0.29) is 5.78 Å². The number of aromatic nitrogens is 2. The molecule has 0 radical (unpaired) electrons. The Hall–Kier alpha value is -1.16. The van der Waals surface area contributed by atoms with Crippen LogP contribution in [0.1, 0.15) is 37.6 Å². The van der Waals surface area contributed by atoms with Crippen LogP contribution in [-0.4, -0.2) is 28.8 Å². The van der Waals surface area contributed by atoms with E-state index in [9.17, 15) is 4.79 Å². The molecule has 0 unspecified atom stereocenters. The van der Waals surface area contributed by atoms with Crippen LogP contribution in [0.4, 0.5) is 0 Å². The fourth-order valence-electron chi connectivity index (χ4n) is 1.31. The first-order valence-electron chi connectivity index (χ1n) is 5.77. The molecule has 0 bridgehead atoms. The highest BCUT2D eigenvalue weighted by atomic mass is 16.5. The Bertz CT molecular complexity index is 332. The molecule has 0 saturated carbocycles. The first kappa shape index (κ1) is 12.9. The first-order valence-corrected chi connectivity index (χ1v) is 5.77. The molecule has 90 valence electrons. The molecule has 4 heteroatoms. The Kier molecular flexibility index (Phi) is 5.19. The lowest BCUT2D eigenvalue weighted by Crippen LogP contribution is -2.09. The van der Waals surface area contributed by atoms with Gasteiger partial charge in [-0.2, -0.15) is 5.10 Å². The summed E-state index contributed by atoms with van der Waals surface area (Å²) in [7, 11) is 0. The number of ketones is 1. The van der Waals surface area contributed by atoms with Crippen molar-refractivity contribution in [2.75, 3.05) is 13.2 Å². The van der Waals surface area contributed by atoms with E-state index in [1.807, 2.05) is 6.92 Å². The van der Waals surface area contributed by atoms with E-state index in [1.165, 1.54) is 0 Å². The molecule has 1 aromatic heterocycles. The lowest BCUT2D eigenvalue weighted by molar-refractivity contribution is 0.0983. The monoisotopic (exact) mass is 224 g/mol. The highest BCUT2D eigenvalue weighted by molar-refractivity contribution is 5.95. The third-order valence-electron chi connectivity index (χ3n) is 2.19. The predicted octanol–water partition coefficient (Wildman–Crippen LogP) is 2.15. The van der Waals surface area contributed by atoms with Gasteiger partial charge in [0.05, 0.1) is 24.9 Å². The average molecular weight is 224 g/mol. The second-order valence-electron chi connectivity index (χ2n) is 4.24. The molecule has 0 aliphatic carbocycles. The summed E-state index contributed by atoms with van der Waals surface area (Å²) in [5.74, 6) is 0.684. The van der Waals surface area contributed by atoms with Crippen LogP contribution in [0.15, 0.2) is 12.4 Å². The van der Waals surface area contributed by atoms with E-state index in [0.29, 0.717) is 31.1 Å². The molecule has 1 aromatic rings. The zero-order valence-corrected chi connectivity index (χ0v) is 10.3. The maximum absolute atomic E-state index is 11.4. The molecule has 4 nitrogen and oxygen atoms in total. The number of carbonyl (C=O) groups is 1. The van der Waals surface area contributed by atoms with Crippen molar-refractivity contribution in [3.05, 3.63) is 18.0 Å². The van der Waals surface area contributed by atoms with E-state index < -0.39 is 0 Å². The SMILES string of the molecule is CCC(=O)c1cnn(CCOCC(C)C)c1. The molecule has 0 amide bonds. The van der Waals surface area contributed by atoms with Gasteiger partial charge in [0.25, 0.3) is 0 Å². The van der Waals surface area contributed by atoms with Gasteiger partial charge >= 0.3 is 0 Å².